The van der Waals surface area contributed by atoms with Crippen molar-refractivity contribution in [3.63, 3.8) is 0 Å². The molecule has 0 aliphatic heterocycles. The van der Waals surface area contributed by atoms with Crippen molar-refractivity contribution in [2.45, 2.75) is 24.6 Å². The van der Waals surface area contributed by atoms with E-state index in [2.05, 4.69) is 29.9 Å². The largest absolute Gasteiger partial charge is 0.471 e. The van der Waals surface area contributed by atoms with Crippen LogP contribution in [0.3, 0.4) is 0 Å². The first-order chi connectivity index (χ1) is 12.4. The van der Waals surface area contributed by atoms with Gasteiger partial charge in [0.2, 0.25) is 11.8 Å². The Kier molecular flexibility index (Phi) is 3.63. The van der Waals surface area contributed by atoms with Gasteiger partial charge in [-0.15, -0.1) is 0 Å². The molecule has 6 nitrogen and oxygen atoms in total. The molecule has 4 rings (SSSR count). The molecule has 2 heterocycles. The second-order valence-electron chi connectivity index (χ2n) is 5.90. The number of alkyl halides is 3. The van der Waals surface area contributed by atoms with Gasteiger partial charge in [-0.2, -0.15) is 18.2 Å². The molecule has 0 amide bonds. The van der Waals surface area contributed by atoms with Crippen LogP contribution in [0, 0.1) is 5.82 Å². The fraction of sp³-hybridized carbons (Fsp3) is 0.250. The van der Waals surface area contributed by atoms with E-state index >= 15 is 0 Å². The highest BCUT2D eigenvalue weighted by Gasteiger charge is 2.46. The summed E-state index contributed by atoms with van der Waals surface area (Å²) in [5.74, 6) is -1.79. The minimum atomic E-state index is -4.72. The van der Waals surface area contributed by atoms with E-state index in [9.17, 15) is 17.6 Å². The first-order valence-corrected chi connectivity index (χ1v) is 7.64. The van der Waals surface area contributed by atoms with Crippen molar-refractivity contribution in [2.75, 3.05) is 5.32 Å². The first kappa shape index (κ1) is 16.4. The van der Waals surface area contributed by atoms with Crippen molar-refractivity contribution in [1.29, 1.82) is 0 Å². The topological polar surface area (TPSA) is 76.7 Å². The molecule has 0 saturated heterocycles. The molecule has 1 aliphatic rings. The standard InChI is InChI=1S/C16H11F4N5O/c17-11-4-2-1-3-10(11)15(5-6-15)24-14-21-7-9(8-22-14)12-23-13(26-25-12)16(18,19)20/h1-4,7-8H,5-6H2,(H,21,22,24). The van der Waals surface area contributed by atoms with Crippen LogP contribution in [0.2, 0.25) is 0 Å². The number of hydrogen-bond acceptors (Lipinski definition) is 6. The van der Waals surface area contributed by atoms with E-state index in [1.165, 1.54) is 18.5 Å². The lowest BCUT2D eigenvalue weighted by molar-refractivity contribution is -0.159. The van der Waals surface area contributed by atoms with E-state index in [0.29, 0.717) is 5.56 Å². The average molecular weight is 365 g/mol. The van der Waals surface area contributed by atoms with E-state index in [1.807, 2.05) is 0 Å². The van der Waals surface area contributed by atoms with Gasteiger partial charge < -0.3 is 9.84 Å². The molecule has 3 aromatic rings. The fourth-order valence-corrected chi connectivity index (χ4v) is 2.61. The minimum Gasteiger partial charge on any atom is -0.345 e. The molecule has 0 atom stereocenters. The Morgan fingerprint density at radius 2 is 1.77 bits per heavy atom. The predicted octanol–water partition coefficient (Wildman–Crippen LogP) is 3.79. The number of benzene rings is 1. The molecule has 10 heteroatoms. The number of hydrogen-bond donors (Lipinski definition) is 1. The van der Waals surface area contributed by atoms with Gasteiger partial charge in [-0.3, -0.25) is 0 Å². The number of aromatic nitrogens is 4. The normalized spacial score (nSPS) is 15.7. The summed E-state index contributed by atoms with van der Waals surface area (Å²) >= 11 is 0. The quantitative estimate of drug-likeness (QED) is 0.709. The third kappa shape index (κ3) is 2.98. The molecule has 0 unspecified atom stereocenters. The third-order valence-electron chi connectivity index (χ3n) is 4.07. The summed E-state index contributed by atoms with van der Waals surface area (Å²) in [6.45, 7) is 0. The molecule has 1 aromatic carbocycles. The maximum Gasteiger partial charge on any atom is 0.471 e. The minimum absolute atomic E-state index is 0.172. The lowest BCUT2D eigenvalue weighted by Crippen LogP contribution is -2.21. The molecule has 134 valence electrons. The predicted molar refractivity (Wildman–Crippen MR) is 81.3 cm³/mol. The Hall–Kier alpha value is -3.04. The Morgan fingerprint density at radius 1 is 1.08 bits per heavy atom. The zero-order valence-corrected chi connectivity index (χ0v) is 13.1. The number of rotatable bonds is 4. The summed E-state index contributed by atoms with van der Waals surface area (Å²) in [4.78, 5) is 11.4. The van der Waals surface area contributed by atoms with Gasteiger partial charge in [0.25, 0.3) is 0 Å². The number of nitrogens with one attached hydrogen (secondary N) is 1. The molecule has 26 heavy (non-hydrogen) atoms. The van der Waals surface area contributed by atoms with E-state index in [4.69, 9.17) is 0 Å². The Morgan fingerprint density at radius 3 is 2.35 bits per heavy atom. The van der Waals surface area contributed by atoms with Crippen LogP contribution in [0.25, 0.3) is 11.4 Å². The zero-order valence-electron chi connectivity index (χ0n) is 13.1. The van der Waals surface area contributed by atoms with E-state index in [0.717, 1.165) is 12.8 Å². The highest BCUT2D eigenvalue weighted by molar-refractivity contribution is 5.53. The Balaban J connectivity index is 1.54. The highest BCUT2D eigenvalue weighted by Crippen LogP contribution is 2.48. The van der Waals surface area contributed by atoms with E-state index < -0.39 is 17.6 Å². The number of nitrogens with zero attached hydrogens (tertiary/aromatic N) is 4. The average Bonchev–Trinajstić information content (AvgIpc) is 3.19. The van der Waals surface area contributed by atoms with Crippen LogP contribution in [0.5, 0.6) is 0 Å². The van der Waals surface area contributed by atoms with Crippen LogP contribution >= 0.6 is 0 Å². The van der Waals surface area contributed by atoms with Gasteiger partial charge in [0.15, 0.2) is 0 Å². The molecule has 0 spiro atoms. The third-order valence-corrected chi connectivity index (χ3v) is 4.07. The number of halogens is 4. The van der Waals surface area contributed by atoms with Gasteiger partial charge in [0.1, 0.15) is 5.82 Å². The lowest BCUT2D eigenvalue weighted by atomic mass is 10.0. The van der Waals surface area contributed by atoms with Gasteiger partial charge >= 0.3 is 12.1 Å². The van der Waals surface area contributed by atoms with Gasteiger partial charge in [-0.05, 0) is 18.9 Å². The van der Waals surface area contributed by atoms with Crippen molar-refractivity contribution < 1.29 is 22.1 Å². The second kappa shape index (κ2) is 5.75. The van der Waals surface area contributed by atoms with Crippen LogP contribution < -0.4 is 5.32 Å². The van der Waals surface area contributed by atoms with Gasteiger partial charge in [-0.25, -0.2) is 14.4 Å². The van der Waals surface area contributed by atoms with Crippen molar-refractivity contribution in [2.24, 2.45) is 0 Å². The fourth-order valence-electron chi connectivity index (χ4n) is 2.61. The molecule has 1 fully saturated rings. The molecular weight excluding hydrogens is 354 g/mol. The highest BCUT2D eigenvalue weighted by atomic mass is 19.4. The summed E-state index contributed by atoms with van der Waals surface area (Å²) in [5, 5.41) is 6.36. The van der Waals surface area contributed by atoms with Crippen molar-refractivity contribution in [3.8, 4) is 11.4 Å². The summed E-state index contributed by atoms with van der Waals surface area (Å²) in [6.07, 6.45) is -0.723. The van der Waals surface area contributed by atoms with Crippen molar-refractivity contribution in [3.05, 3.63) is 53.9 Å². The molecule has 2 aromatic heterocycles. The van der Waals surface area contributed by atoms with Crippen LogP contribution in [0.4, 0.5) is 23.5 Å². The summed E-state index contributed by atoms with van der Waals surface area (Å²) in [6, 6.07) is 6.44. The monoisotopic (exact) mass is 365 g/mol. The molecule has 0 bridgehead atoms. The Bertz CT molecular complexity index is 934. The summed E-state index contributed by atoms with van der Waals surface area (Å²) in [7, 11) is 0. The maximum atomic E-state index is 14.0. The lowest BCUT2D eigenvalue weighted by Gasteiger charge is -2.18. The smallest absolute Gasteiger partial charge is 0.345 e. The van der Waals surface area contributed by atoms with E-state index in [-0.39, 0.29) is 23.2 Å². The SMILES string of the molecule is Fc1ccccc1C1(Nc2ncc(-c3noc(C(F)(F)F)n3)cn2)CC1. The van der Waals surface area contributed by atoms with Crippen molar-refractivity contribution >= 4 is 5.95 Å². The number of anilines is 1. The molecule has 1 N–H and O–H groups in total. The molecule has 1 aliphatic carbocycles. The van der Waals surface area contributed by atoms with Gasteiger partial charge in [0.05, 0.1) is 11.1 Å². The second-order valence-corrected chi connectivity index (χ2v) is 5.90. The summed E-state index contributed by atoms with van der Waals surface area (Å²) in [5.41, 5.74) is 0.133. The molecular formula is C16H11F4N5O. The molecule has 0 radical (unpaired) electrons. The zero-order chi connectivity index (χ0) is 18.4. The van der Waals surface area contributed by atoms with Crippen LogP contribution in [0.1, 0.15) is 24.3 Å². The van der Waals surface area contributed by atoms with Gasteiger partial charge in [-0.1, -0.05) is 23.4 Å². The maximum absolute atomic E-state index is 14.0. The van der Waals surface area contributed by atoms with Crippen LogP contribution in [0.15, 0.2) is 41.2 Å². The Labute approximate surface area is 144 Å². The van der Waals surface area contributed by atoms with Gasteiger partial charge in [0, 0.05) is 18.0 Å². The van der Waals surface area contributed by atoms with Crippen molar-refractivity contribution in [1.82, 2.24) is 20.1 Å². The van der Waals surface area contributed by atoms with Crippen LogP contribution in [-0.4, -0.2) is 20.1 Å². The molecule has 1 saturated carbocycles. The van der Waals surface area contributed by atoms with Crippen LogP contribution in [-0.2, 0) is 11.7 Å². The first-order valence-electron chi connectivity index (χ1n) is 7.64. The summed E-state index contributed by atoms with van der Waals surface area (Å²) < 4.78 is 55.7. The van der Waals surface area contributed by atoms with E-state index in [1.54, 1.807) is 18.2 Å².